The van der Waals surface area contributed by atoms with Crippen molar-refractivity contribution in [1.29, 1.82) is 0 Å². The highest BCUT2D eigenvalue weighted by Crippen LogP contribution is 2.14. The third-order valence-corrected chi connectivity index (χ3v) is 3.18. The molecule has 0 amide bonds. The van der Waals surface area contributed by atoms with Crippen molar-refractivity contribution in [1.82, 2.24) is 0 Å². The Kier molecular flexibility index (Phi) is 6.15. The first-order chi connectivity index (χ1) is 7.22. The van der Waals surface area contributed by atoms with Crippen molar-refractivity contribution in [2.75, 3.05) is 12.0 Å². The molecule has 0 aliphatic heterocycles. The molecule has 1 unspecified atom stereocenters. The highest BCUT2D eigenvalue weighted by Gasteiger charge is 2.05. The summed E-state index contributed by atoms with van der Waals surface area (Å²) in [5, 5.41) is 10.5. The lowest BCUT2D eigenvalue weighted by Gasteiger charge is -2.10. The van der Waals surface area contributed by atoms with Gasteiger partial charge in [0.1, 0.15) is 0 Å². The van der Waals surface area contributed by atoms with Crippen LogP contribution in [-0.2, 0) is 6.42 Å². The van der Waals surface area contributed by atoms with E-state index in [2.05, 4.69) is 6.26 Å². The summed E-state index contributed by atoms with van der Waals surface area (Å²) in [5.41, 5.74) is 1.11. The van der Waals surface area contributed by atoms with Crippen LogP contribution < -0.4 is 0 Å². The van der Waals surface area contributed by atoms with Gasteiger partial charge in [-0.1, -0.05) is 23.7 Å². The zero-order valence-electron chi connectivity index (χ0n) is 8.95. The summed E-state index contributed by atoms with van der Waals surface area (Å²) in [4.78, 5) is 0. The van der Waals surface area contributed by atoms with Gasteiger partial charge in [0.25, 0.3) is 0 Å². The maximum atomic E-state index is 9.77. The lowest BCUT2D eigenvalue weighted by atomic mass is 10.0. The molecule has 84 valence electrons. The Morgan fingerprint density at radius 2 is 2.27 bits per heavy atom. The van der Waals surface area contributed by atoms with E-state index in [1.54, 1.807) is 0 Å². The minimum atomic E-state index is -0.240. The molecule has 1 nitrogen and oxygen atoms in total. The lowest BCUT2D eigenvalue weighted by molar-refractivity contribution is 0.164. The van der Waals surface area contributed by atoms with E-state index in [1.807, 2.05) is 36.0 Å². The number of aliphatic hydroxyl groups excluding tert-OH is 1. The Bertz CT molecular complexity index is 291. The first kappa shape index (κ1) is 12.9. The van der Waals surface area contributed by atoms with Crippen LogP contribution in [0.2, 0.25) is 5.02 Å². The zero-order chi connectivity index (χ0) is 11.1. The molecule has 1 atom stereocenters. The summed E-state index contributed by atoms with van der Waals surface area (Å²) >= 11 is 7.69. The number of rotatable bonds is 6. The zero-order valence-corrected chi connectivity index (χ0v) is 10.5. The number of aliphatic hydroxyl groups is 1. The summed E-state index contributed by atoms with van der Waals surface area (Å²) in [6.07, 6.45) is 4.49. The Morgan fingerprint density at radius 3 is 2.93 bits per heavy atom. The molecule has 0 saturated carbocycles. The largest absolute Gasteiger partial charge is 0.393 e. The van der Waals surface area contributed by atoms with Crippen molar-refractivity contribution in [3.05, 3.63) is 34.9 Å². The minimum absolute atomic E-state index is 0.240. The standard InChI is InChI=1S/C12H17ClOS/c1-15-7-3-6-12(14)9-10-4-2-5-11(13)8-10/h2,4-5,8,12,14H,3,6-7,9H2,1H3. The molecular weight excluding hydrogens is 228 g/mol. The molecule has 0 heterocycles. The van der Waals surface area contributed by atoms with E-state index in [1.165, 1.54) is 0 Å². The number of hydrogen-bond acceptors (Lipinski definition) is 2. The average Bonchev–Trinajstić information content (AvgIpc) is 2.18. The van der Waals surface area contributed by atoms with Gasteiger partial charge in [0.05, 0.1) is 6.10 Å². The van der Waals surface area contributed by atoms with E-state index < -0.39 is 0 Å². The van der Waals surface area contributed by atoms with Crippen LogP contribution in [0.5, 0.6) is 0 Å². The molecule has 1 aromatic carbocycles. The van der Waals surface area contributed by atoms with E-state index >= 15 is 0 Å². The van der Waals surface area contributed by atoms with E-state index in [-0.39, 0.29) is 6.10 Å². The number of thioether (sulfide) groups is 1. The molecule has 0 fully saturated rings. The molecule has 1 aromatic rings. The van der Waals surface area contributed by atoms with Crippen molar-refractivity contribution in [3.8, 4) is 0 Å². The SMILES string of the molecule is CSCCCC(O)Cc1cccc(Cl)c1. The summed E-state index contributed by atoms with van der Waals surface area (Å²) < 4.78 is 0. The maximum Gasteiger partial charge on any atom is 0.0580 e. The quantitative estimate of drug-likeness (QED) is 0.775. The second-order valence-corrected chi connectivity index (χ2v) is 5.04. The monoisotopic (exact) mass is 244 g/mol. The minimum Gasteiger partial charge on any atom is -0.393 e. The summed E-state index contributed by atoms with van der Waals surface area (Å²) in [7, 11) is 0. The van der Waals surface area contributed by atoms with E-state index in [0.29, 0.717) is 6.42 Å². The first-order valence-corrected chi connectivity index (χ1v) is 6.91. The van der Waals surface area contributed by atoms with Crippen molar-refractivity contribution in [3.63, 3.8) is 0 Å². The third kappa shape index (κ3) is 5.45. The van der Waals surface area contributed by atoms with Gasteiger partial charge < -0.3 is 5.11 Å². The molecule has 0 spiro atoms. The second kappa shape index (κ2) is 7.15. The fourth-order valence-electron chi connectivity index (χ4n) is 1.50. The highest BCUT2D eigenvalue weighted by atomic mass is 35.5. The Labute approximate surface area is 101 Å². The van der Waals surface area contributed by atoms with Crippen LogP contribution in [0.1, 0.15) is 18.4 Å². The predicted octanol–water partition coefficient (Wildman–Crippen LogP) is 3.39. The van der Waals surface area contributed by atoms with Crippen LogP contribution in [0, 0.1) is 0 Å². The summed E-state index contributed by atoms with van der Waals surface area (Å²) in [6.45, 7) is 0. The van der Waals surface area contributed by atoms with Crippen LogP contribution in [0.25, 0.3) is 0 Å². The Balaban J connectivity index is 2.34. The van der Waals surface area contributed by atoms with E-state index in [0.717, 1.165) is 29.2 Å². The number of hydrogen-bond donors (Lipinski definition) is 1. The molecule has 0 bridgehead atoms. The van der Waals surface area contributed by atoms with Crippen molar-refractivity contribution < 1.29 is 5.11 Å². The van der Waals surface area contributed by atoms with Crippen LogP contribution in [-0.4, -0.2) is 23.2 Å². The molecule has 0 radical (unpaired) electrons. The van der Waals surface area contributed by atoms with Gasteiger partial charge in [-0.25, -0.2) is 0 Å². The molecule has 1 N–H and O–H groups in total. The van der Waals surface area contributed by atoms with E-state index in [9.17, 15) is 5.11 Å². The number of benzene rings is 1. The first-order valence-electron chi connectivity index (χ1n) is 5.14. The predicted molar refractivity (Wildman–Crippen MR) is 68.8 cm³/mol. The fourth-order valence-corrected chi connectivity index (χ4v) is 2.17. The van der Waals surface area contributed by atoms with Gasteiger partial charge in [0, 0.05) is 5.02 Å². The third-order valence-electron chi connectivity index (χ3n) is 2.25. The molecule has 3 heteroatoms. The molecule has 15 heavy (non-hydrogen) atoms. The summed E-state index contributed by atoms with van der Waals surface area (Å²) in [6, 6.07) is 7.69. The normalized spacial score (nSPS) is 12.7. The average molecular weight is 245 g/mol. The van der Waals surface area contributed by atoms with Crippen molar-refractivity contribution in [2.45, 2.75) is 25.4 Å². The van der Waals surface area contributed by atoms with Gasteiger partial charge in [-0.2, -0.15) is 11.8 Å². The smallest absolute Gasteiger partial charge is 0.0580 e. The van der Waals surface area contributed by atoms with Gasteiger partial charge in [0.15, 0.2) is 0 Å². The van der Waals surface area contributed by atoms with Crippen LogP contribution in [0.3, 0.4) is 0 Å². The molecular formula is C12H17ClOS. The maximum absolute atomic E-state index is 9.77. The van der Waals surface area contributed by atoms with E-state index in [4.69, 9.17) is 11.6 Å². The van der Waals surface area contributed by atoms with Gasteiger partial charge in [0.2, 0.25) is 0 Å². The van der Waals surface area contributed by atoms with Gasteiger partial charge in [-0.15, -0.1) is 0 Å². The lowest BCUT2D eigenvalue weighted by Crippen LogP contribution is -2.10. The second-order valence-electron chi connectivity index (χ2n) is 3.62. The summed E-state index contributed by atoms with van der Waals surface area (Å²) in [5.74, 6) is 1.12. The Hall–Kier alpha value is -0.180. The highest BCUT2D eigenvalue weighted by molar-refractivity contribution is 7.98. The topological polar surface area (TPSA) is 20.2 Å². The fraction of sp³-hybridized carbons (Fsp3) is 0.500. The molecule has 0 aliphatic carbocycles. The van der Waals surface area contributed by atoms with Gasteiger partial charge in [-0.05, 0) is 49.0 Å². The van der Waals surface area contributed by atoms with Crippen LogP contribution in [0.4, 0.5) is 0 Å². The molecule has 0 aromatic heterocycles. The Morgan fingerprint density at radius 1 is 1.47 bits per heavy atom. The molecule has 1 rings (SSSR count). The number of halogens is 1. The van der Waals surface area contributed by atoms with Crippen molar-refractivity contribution >= 4 is 23.4 Å². The molecule has 0 aliphatic rings. The van der Waals surface area contributed by atoms with Crippen LogP contribution >= 0.6 is 23.4 Å². The molecule has 0 saturated heterocycles. The van der Waals surface area contributed by atoms with Crippen molar-refractivity contribution in [2.24, 2.45) is 0 Å². The van der Waals surface area contributed by atoms with Crippen LogP contribution in [0.15, 0.2) is 24.3 Å². The van der Waals surface area contributed by atoms with Gasteiger partial charge >= 0.3 is 0 Å². The van der Waals surface area contributed by atoms with Gasteiger partial charge in [-0.3, -0.25) is 0 Å².